The number of amides is 1. The van der Waals surface area contributed by atoms with E-state index in [9.17, 15) is 4.79 Å². The van der Waals surface area contributed by atoms with Gasteiger partial charge in [-0.05, 0) is 18.4 Å². The van der Waals surface area contributed by atoms with Crippen LogP contribution < -0.4 is 14.8 Å². The van der Waals surface area contributed by atoms with Gasteiger partial charge in [-0.1, -0.05) is 6.07 Å². The third kappa shape index (κ3) is 2.82. The van der Waals surface area contributed by atoms with E-state index in [4.69, 9.17) is 9.47 Å². The summed E-state index contributed by atoms with van der Waals surface area (Å²) >= 11 is 1.63. The molecule has 0 atom stereocenters. The fourth-order valence-electron chi connectivity index (χ4n) is 2.78. The van der Waals surface area contributed by atoms with Gasteiger partial charge in [0.15, 0.2) is 11.5 Å². The largest absolute Gasteiger partial charge is 0.486 e. The van der Waals surface area contributed by atoms with Gasteiger partial charge < -0.3 is 19.4 Å². The highest BCUT2D eigenvalue weighted by molar-refractivity contribution is 7.09. The van der Waals surface area contributed by atoms with Crippen LogP contribution in [0.3, 0.4) is 0 Å². The molecule has 4 rings (SSSR count). The zero-order valence-electron chi connectivity index (χ0n) is 13.2. The molecule has 1 aliphatic rings. The van der Waals surface area contributed by atoms with Crippen LogP contribution in [0.1, 0.15) is 10.7 Å². The predicted octanol–water partition coefficient (Wildman–Crippen LogP) is 2.49. The maximum atomic E-state index is 12.3. The molecule has 0 radical (unpaired) electrons. The van der Waals surface area contributed by atoms with Crippen molar-refractivity contribution in [2.45, 2.75) is 20.0 Å². The van der Waals surface area contributed by atoms with Gasteiger partial charge in [0.2, 0.25) is 5.91 Å². The summed E-state index contributed by atoms with van der Waals surface area (Å²) in [6.07, 6.45) is 0. The summed E-state index contributed by atoms with van der Waals surface area (Å²) in [7, 11) is 0. The lowest BCUT2D eigenvalue weighted by atomic mass is 10.2. The Morgan fingerprint density at radius 3 is 2.88 bits per heavy atom. The highest BCUT2D eigenvalue weighted by Crippen LogP contribution is 2.34. The molecule has 0 spiro atoms. The van der Waals surface area contributed by atoms with Crippen molar-refractivity contribution in [2.75, 3.05) is 13.2 Å². The Labute approximate surface area is 143 Å². The first-order valence-electron chi connectivity index (χ1n) is 7.76. The van der Waals surface area contributed by atoms with Crippen LogP contribution in [0.25, 0.3) is 11.0 Å². The molecule has 0 saturated carbocycles. The number of hydrogen-bond acceptors (Lipinski definition) is 5. The molecule has 1 N–H and O–H groups in total. The number of benzene rings is 1. The number of imidazole rings is 1. The van der Waals surface area contributed by atoms with Crippen molar-refractivity contribution in [2.24, 2.45) is 0 Å². The summed E-state index contributed by atoms with van der Waals surface area (Å²) in [5, 5.41) is 4.94. The molecule has 1 aromatic carbocycles. The van der Waals surface area contributed by atoms with E-state index in [-0.39, 0.29) is 12.5 Å². The lowest BCUT2D eigenvalue weighted by Crippen LogP contribution is -2.27. The Bertz CT molecular complexity index is 886. The number of fused-ring (bicyclic) bond motifs is 2. The highest BCUT2D eigenvalue weighted by atomic mass is 32.1. The number of hydrogen-bond donors (Lipinski definition) is 1. The van der Waals surface area contributed by atoms with Gasteiger partial charge in [0.25, 0.3) is 0 Å². The van der Waals surface area contributed by atoms with Crippen molar-refractivity contribution < 1.29 is 14.3 Å². The van der Waals surface area contributed by atoms with Crippen LogP contribution in [0, 0.1) is 6.92 Å². The summed E-state index contributed by atoms with van der Waals surface area (Å²) in [6.45, 7) is 3.76. The second-order valence-electron chi connectivity index (χ2n) is 5.59. The van der Waals surface area contributed by atoms with E-state index in [0.29, 0.717) is 31.3 Å². The minimum Gasteiger partial charge on any atom is -0.486 e. The molecular weight excluding hydrogens is 326 g/mol. The van der Waals surface area contributed by atoms with E-state index in [1.807, 2.05) is 41.1 Å². The summed E-state index contributed by atoms with van der Waals surface area (Å²) < 4.78 is 13.1. The molecule has 7 heteroatoms. The maximum absolute atomic E-state index is 12.3. The molecule has 2 aromatic heterocycles. The zero-order valence-corrected chi connectivity index (χ0v) is 14.1. The fourth-order valence-corrected chi connectivity index (χ4v) is 3.42. The molecular formula is C17H17N3O3S. The van der Waals surface area contributed by atoms with Gasteiger partial charge in [-0.15, -0.1) is 11.3 Å². The van der Waals surface area contributed by atoms with Crippen molar-refractivity contribution >= 4 is 28.3 Å². The third-order valence-electron chi connectivity index (χ3n) is 3.94. The summed E-state index contributed by atoms with van der Waals surface area (Å²) in [4.78, 5) is 17.9. The number of carbonyl (C=O) groups is 1. The number of thiophene rings is 1. The number of aryl methyl sites for hydroxylation is 1. The minimum atomic E-state index is -0.0410. The SMILES string of the molecule is Cc1nc2cc3c(cc2n1CC(=O)NCc1cccs1)OCCO3. The first-order valence-corrected chi connectivity index (χ1v) is 8.64. The molecule has 0 aliphatic carbocycles. The van der Waals surface area contributed by atoms with Crippen LogP contribution in [-0.2, 0) is 17.9 Å². The number of rotatable bonds is 4. The third-order valence-corrected chi connectivity index (χ3v) is 4.82. The molecule has 0 unspecified atom stereocenters. The summed E-state index contributed by atoms with van der Waals surface area (Å²) in [5.41, 5.74) is 1.69. The van der Waals surface area contributed by atoms with Crippen LogP contribution in [0.2, 0.25) is 0 Å². The second-order valence-corrected chi connectivity index (χ2v) is 6.62. The Hall–Kier alpha value is -2.54. The lowest BCUT2D eigenvalue weighted by Gasteiger charge is -2.18. The van der Waals surface area contributed by atoms with Gasteiger partial charge in [0.1, 0.15) is 25.6 Å². The second kappa shape index (κ2) is 6.16. The van der Waals surface area contributed by atoms with E-state index in [2.05, 4.69) is 10.3 Å². The van der Waals surface area contributed by atoms with E-state index in [1.54, 1.807) is 11.3 Å². The smallest absolute Gasteiger partial charge is 0.240 e. The number of carbonyl (C=O) groups excluding carboxylic acids is 1. The monoisotopic (exact) mass is 343 g/mol. The van der Waals surface area contributed by atoms with Gasteiger partial charge in [-0.2, -0.15) is 0 Å². The Morgan fingerprint density at radius 2 is 2.12 bits per heavy atom. The van der Waals surface area contributed by atoms with Crippen LogP contribution in [-0.4, -0.2) is 28.7 Å². The van der Waals surface area contributed by atoms with Gasteiger partial charge in [-0.25, -0.2) is 4.98 Å². The lowest BCUT2D eigenvalue weighted by molar-refractivity contribution is -0.121. The van der Waals surface area contributed by atoms with Crippen molar-refractivity contribution in [3.63, 3.8) is 0 Å². The normalized spacial score (nSPS) is 13.2. The van der Waals surface area contributed by atoms with Crippen LogP contribution >= 0.6 is 11.3 Å². The van der Waals surface area contributed by atoms with Crippen LogP contribution in [0.5, 0.6) is 11.5 Å². The topological polar surface area (TPSA) is 65.4 Å². The average molecular weight is 343 g/mol. The Kier molecular flexibility index (Phi) is 3.86. The molecule has 6 nitrogen and oxygen atoms in total. The number of ether oxygens (including phenoxy) is 2. The van der Waals surface area contributed by atoms with Crippen molar-refractivity contribution in [1.29, 1.82) is 0 Å². The minimum absolute atomic E-state index is 0.0410. The summed E-state index contributed by atoms with van der Waals surface area (Å²) in [5.74, 6) is 2.16. The summed E-state index contributed by atoms with van der Waals surface area (Å²) in [6, 6.07) is 7.75. The van der Waals surface area contributed by atoms with Crippen molar-refractivity contribution in [3.8, 4) is 11.5 Å². The molecule has 1 aliphatic heterocycles. The first-order chi connectivity index (χ1) is 11.7. The van der Waals surface area contributed by atoms with Gasteiger partial charge in [0, 0.05) is 17.0 Å². The van der Waals surface area contributed by atoms with Crippen LogP contribution in [0.4, 0.5) is 0 Å². The first kappa shape index (κ1) is 15.0. The number of aromatic nitrogens is 2. The predicted molar refractivity (Wildman–Crippen MR) is 91.6 cm³/mol. The van der Waals surface area contributed by atoms with Crippen LogP contribution in [0.15, 0.2) is 29.6 Å². The number of nitrogens with zero attached hydrogens (tertiary/aromatic N) is 2. The molecule has 1 amide bonds. The maximum Gasteiger partial charge on any atom is 0.240 e. The molecule has 0 saturated heterocycles. The van der Waals surface area contributed by atoms with Gasteiger partial charge >= 0.3 is 0 Å². The van der Waals surface area contributed by atoms with Crippen molar-refractivity contribution in [3.05, 3.63) is 40.3 Å². The van der Waals surface area contributed by atoms with Crippen molar-refractivity contribution in [1.82, 2.24) is 14.9 Å². The Morgan fingerprint density at radius 1 is 1.33 bits per heavy atom. The average Bonchev–Trinajstić information content (AvgIpc) is 3.20. The van der Waals surface area contributed by atoms with E-state index in [1.165, 1.54) is 0 Å². The fraction of sp³-hybridized carbons (Fsp3) is 0.294. The molecule has 0 fully saturated rings. The molecule has 0 bridgehead atoms. The van der Waals surface area contributed by atoms with Gasteiger partial charge in [0.05, 0.1) is 17.6 Å². The highest BCUT2D eigenvalue weighted by Gasteiger charge is 2.18. The standard InChI is InChI=1S/C17H17N3O3S/c1-11-19-13-7-15-16(23-5-4-22-15)8-14(13)20(11)10-17(21)18-9-12-3-2-6-24-12/h2-3,6-8H,4-5,9-10H2,1H3,(H,18,21). The molecule has 3 aromatic rings. The van der Waals surface area contributed by atoms with Gasteiger partial charge in [-0.3, -0.25) is 4.79 Å². The zero-order chi connectivity index (χ0) is 16.5. The quantitative estimate of drug-likeness (QED) is 0.790. The molecule has 3 heterocycles. The van der Waals surface area contributed by atoms with E-state index < -0.39 is 0 Å². The van der Waals surface area contributed by atoms with E-state index >= 15 is 0 Å². The Balaban J connectivity index is 1.56. The molecule has 24 heavy (non-hydrogen) atoms. The van der Waals surface area contributed by atoms with E-state index in [0.717, 1.165) is 21.7 Å². The molecule has 124 valence electrons. The number of nitrogens with one attached hydrogen (secondary N) is 1.